The van der Waals surface area contributed by atoms with Crippen molar-refractivity contribution in [2.24, 2.45) is 5.92 Å². The molecule has 0 heterocycles. The van der Waals surface area contributed by atoms with Gasteiger partial charge in [-0.15, -0.1) is 11.6 Å². The first kappa shape index (κ1) is 13.2. The first-order valence-electron chi connectivity index (χ1n) is 4.95. The summed E-state index contributed by atoms with van der Waals surface area (Å²) in [6, 6.07) is 0. The summed E-state index contributed by atoms with van der Waals surface area (Å²) in [6.45, 7) is 5.63. The normalized spacial score (nSPS) is 14.1. The first-order valence-corrected chi connectivity index (χ1v) is 5.49. The minimum Gasteiger partial charge on any atom is -0.309 e. The Bertz CT molecular complexity index is 117. The molecule has 0 spiro atoms. The third-order valence-corrected chi connectivity index (χ3v) is 2.56. The van der Waals surface area contributed by atoms with Gasteiger partial charge >= 0.3 is 0 Å². The van der Waals surface area contributed by atoms with E-state index in [-0.39, 0.29) is 0 Å². The van der Waals surface area contributed by atoms with Crippen LogP contribution in [0.2, 0.25) is 0 Å². The third kappa shape index (κ3) is 8.54. The van der Waals surface area contributed by atoms with E-state index in [1.807, 2.05) is 0 Å². The monoisotopic (exact) mass is 206 g/mol. The van der Waals surface area contributed by atoms with Gasteiger partial charge in [-0.3, -0.25) is 0 Å². The van der Waals surface area contributed by atoms with Crippen LogP contribution in [0.15, 0.2) is 0 Å². The van der Waals surface area contributed by atoms with E-state index in [4.69, 9.17) is 11.6 Å². The fourth-order valence-corrected chi connectivity index (χ4v) is 1.43. The minimum absolute atomic E-state index is 0.603. The molecular formula is C10H23ClN2. The fraction of sp³-hybridized carbons (Fsp3) is 1.00. The second-order valence-electron chi connectivity index (χ2n) is 4.18. The minimum atomic E-state index is 0.603. The van der Waals surface area contributed by atoms with Gasteiger partial charge in [-0.1, -0.05) is 6.92 Å². The van der Waals surface area contributed by atoms with Crippen LogP contribution in [0.4, 0.5) is 0 Å². The van der Waals surface area contributed by atoms with E-state index < -0.39 is 0 Å². The van der Waals surface area contributed by atoms with E-state index in [1.165, 1.54) is 19.5 Å². The van der Waals surface area contributed by atoms with Crippen LogP contribution in [-0.2, 0) is 0 Å². The lowest BCUT2D eigenvalue weighted by atomic mass is 10.2. The van der Waals surface area contributed by atoms with Crippen LogP contribution in [0.5, 0.6) is 0 Å². The zero-order valence-corrected chi connectivity index (χ0v) is 10.1. The van der Waals surface area contributed by atoms with Gasteiger partial charge in [-0.25, -0.2) is 0 Å². The zero-order valence-electron chi connectivity index (χ0n) is 9.39. The zero-order chi connectivity index (χ0) is 10.3. The Labute approximate surface area is 87.8 Å². The number of rotatable bonds is 7. The molecule has 0 aromatic heterocycles. The molecule has 0 aromatic rings. The molecule has 80 valence electrons. The molecule has 0 saturated carbocycles. The predicted molar refractivity (Wildman–Crippen MR) is 60.6 cm³/mol. The fourth-order valence-electron chi connectivity index (χ4n) is 1.33. The molecule has 13 heavy (non-hydrogen) atoms. The van der Waals surface area contributed by atoms with E-state index in [0.717, 1.165) is 12.4 Å². The highest BCUT2D eigenvalue weighted by Crippen LogP contribution is 2.00. The standard InChI is InChI=1S/C10H23ClN2/c1-10(8-11)9-13(4)7-5-6-12(2)3/h10H,5-9H2,1-4H3. The summed E-state index contributed by atoms with van der Waals surface area (Å²) in [7, 11) is 6.39. The van der Waals surface area contributed by atoms with Crippen LogP contribution in [0, 0.1) is 5.92 Å². The second-order valence-corrected chi connectivity index (χ2v) is 4.49. The first-order chi connectivity index (χ1) is 6.06. The van der Waals surface area contributed by atoms with Crippen molar-refractivity contribution >= 4 is 11.6 Å². The number of hydrogen-bond acceptors (Lipinski definition) is 2. The van der Waals surface area contributed by atoms with E-state index in [1.54, 1.807) is 0 Å². The molecule has 0 saturated heterocycles. The third-order valence-electron chi connectivity index (χ3n) is 2.03. The quantitative estimate of drug-likeness (QED) is 0.586. The lowest BCUT2D eigenvalue weighted by Gasteiger charge is -2.20. The van der Waals surface area contributed by atoms with E-state index >= 15 is 0 Å². The summed E-state index contributed by atoms with van der Waals surface area (Å²) in [5.74, 6) is 1.36. The highest BCUT2D eigenvalue weighted by atomic mass is 35.5. The van der Waals surface area contributed by atoms with Gasteiger partial charge in [-0.2, -0.15) is 0 Å². The molecule has 0 aliphatic carbocycles. The number of hydrogen-bond donors (Lipinski definition) is 0. The van der Waals surface area contributed by atoms with Crippen molar-refractivity contribution in [2.75, 3.05) is 46.7 Å². The maximum absolute atomic E-state index is 5.75. The molecule has 0 N–H and O–H groups in total. The van der Waals surface area contributed by atoms with Crippen LogP contribution in [-0.4, -0.2) is 56.5 Å². The van der Waals surface area contributed by atoms with Gasteiger partial charge < -0.3 is 9.80 Å². The molecule has 0 aromatic carbocycles. The van der Waals surface area contributed by atoms with Crippen molar-refractivity contribution in [3.8, 4) is 0 Å². The van der Waals surface area contributed by atoms with Crippen molar-refractivity contribution in [1.82, 2.24) is 9.80 Å². The Kier molecular flexibility index (Phi) is 7.72. The van der Waals surface area contributed by atoms with Gasteiger partial charge in [0.25, 0.3) is 0 Å². The molecule has 3 heteroatoms. The average molecular weight is 207 g/mol. The van der Waals surface area contributed by atoms with Crippen molar-refractivity contribution in [2.45, 2.75) is 13.3 Å². The van der Waals surface area contributed by atoms with E-state index in [9.17, 15) is 0 Å². The van der Waals surface area contributed by atoms with Gasteiger partial charge in [0.2, 0.25) is 0 Å². The van der Waals surface area contributed by atoms with Gasteiger partial charge in [-0.05, 0) is 46.6 Å². The van der Waals surface area contributed by atoms with Gasteiger partial charge in [0.15, 0.2) is 0 Å². The molecule has 0 fully saturated rings. The van der Waals surface area contributed by atoms with E-state index in [2.05, 4.69) is 37.9 Å². The van der Waals surface area contributed by atoms with Crippen LogP contribution < -0.4 is 0 Å². The summed E-state index contributed by atoms with van der Waals surface area (Å²) < 4.78 is 0. The SMILES string of the molecule is CC(CCl)CN(C)CCCN(C)C. The van der Waals surface area contributed by atoms with Gasteiger partial charge in [0.05, 0.1) is 0 Å². The lowest BCUT2D eigenvalue weighted by molar-refractivity contribution is 0.275. The molecule has 0 radical (unpaired) electrons. The summed E-state index contributed by atoms with van der Waals surface area (Å²) in [5, 5.41) is 0. The summed E-state index contributed by atoms with van der Waals surface area (Å²) in [4.78, 5) is 4.58. The van der Waals surface area contributed by atoms with Crippen molar-refractivity contribution in [3.63, 3.8) is 0 Å². The molecule has 2 nitrogen and oxygen atoms in total. The van der Waals surface area contributed by atoms with Crippen LogP contribution in [0.3, 0.4) is 0 Å². The maximum Gasteiger partial charge on any atom is 0.0261 e. The molecule has 0 aliphatic heterocycles. The van der Waals surface area contributed by atoms with Crippen molar-refractivity contribution < 1.29 is 0 Å². The second kappa shape index (κ2) is 7.60. The number of nitrogens with zero attached hydrogens (tertiary/aromatic N) is 2. The Balaban J connectivity index is 3.34. The molecule has 0 amide bonds. The number of halogens is 1. The Morgan fingerprint density at radius 2 is 1.77 bits per heavy atom. The summed E-state index contributed by atoms with van der Waals surface area (Å²) in [5.41, 5.74) is 0. The number of alkyl halides is 1. The van der Waals surface area contributed by atoms with Crippen molar-refractivity contribution in [3.05, 3.63) is 0 Å². The Hall–Kier alpha value is 0.210. The highest BCUT2D eigenvalue weighted by Gasteiger charge is 2.04. The summed E-state index contributed by atoms with van der Waals surface area (Å²) in [6.07, 6.45) is 1.23. The largest absolute Gasteiger partial charge is 0.309 e. The Morgan fingerprint density at radius 3 is 2.23 bits per heavy atom. The predicted octanol–water partition coefficient (Wildman–Crippen LogP) is 1.74. The van der Waals surface area contributed by atoms with Crippen LogP contribution in [0.1, 0.15) is 13.3 Å². The van der Waals surface area contributed by atoms with Crippen LogP contribution >= 0.6 is 11.6 Å². The molecule has 1 unspecified atom stereocenters. The van der Waals surface area contributed by atoms with Crippen molar-refractivity contribution in [1.29, 1.82) is 0 Å². The lowest BCUT2D eigenvalue weighted by Crippen LogP contribution is -2.28. The van der Waals surface area contributed by atoms with Crippen LogP contribution in [0.25, 0.3) is 0 Å². The topological polar surface area (TPSA) is 6.48 Å². The molecular weight excluding hydrogens is 184 g/mol. The van der Waals surface area contributed by atoms with Gasteiger partial charge in [0, 0.05) is 12.4 Å². The smallest absolute Gasteiger partial charge is 0.0261 e. The molecule has 1 atom stereocenters. The molecule has 0 aliphatic rings. The van der Waals surface area contributed by atoms with E-state index in [0.29, 0.717) is 5.92 Å². The summed E-state index contributed by atoms with van der Waals surface area (Å²) >= 11 is 5.75. The molecule has 0 rings (SSSR count). The highest BCUT2D eigenvalue weighted by molar-refractivity contribution is 6.18. The van der Waals surface area contributed by atoms with Gasteiger partial charge in [0.1, 0.15) is 0 Å². The Morgan fingerprint density at radius 1 is 1.15 bits per heavy atom. The average Bonchev–Trinajstić information content (AvgIpc) is 2.03. The molecule has 0 bridgehead atoms. The maximum atomic E-state index is 5.75.